The molecule has 9 aromatic rings. The van der Waals surface area contributed by atoms with Gasteiger partial charge in [-0.05, 0) is 140 Å². The van der Waals surface area contributed by atoms with Gasteiger partial charge in [-0.3, -0.25) is 15.0 Å². The lowest BCUT2D eigenvalue weighted by Gasteiger charge is -2.28. The Bertz CT molecular complexity index is 3430. The summed E-state index contributed by atoms with van der Waals surface area (Å²) in [6.45, 7) is 10.5. The number of benzene rings is 6. The van der Waals surface area contributed by atoms with Crippen LogP contribution in [-0.4, -0.2) is 15.0 Å². The van der Waals surface area contributed by atoms with Crippen molar-refractivity contribution in [3.63, 3.8) is 0 Å². The number of aryl methyl sites for hydroxylation is 3. The first kappa shape index (κ1) is 36.8. The van der Waals surface area contributed by atoms with Gasteiger partial charge < -0.3 is 0 Å². The zero-order chi connectivity index (χ0) is 53.1. The van der Waals surface area contributed by atoms with Crippen LogP contribution in [0, 0.1) is 6.85 Å². The molecule has 3 heteroatoms. The minimum atomic E-state index is -2.74. The molecule has 1 aliphatic rings. The Morgan fingerprint density at radius 3 is 1.56 bits per heavy atom. The van der Waals surface area contributed by atoms with E-state index in [1.54, 1.807) is 42.5 Å². The molecule has 0 atom stereocenters. The largest absolute Gasteiger partial charge is 0.256 e. The maximum absolute atomic E-state index is 10.1. The number of nitrogens with zero attached hydrogens (tertiary/aromatic N) is 3. The summed E-state index contributed by atoms with van der Waals surface area (Å²) in [4.78, 5) is 14.6. The number of hydrogen-bond donors (Lipinski definition) is 0. The Balaban J connectivity index is 1.08. The highest BCUT2D eigenvalue weighted by Gasteiger charge is 2.35. The first-order valence-electron chi connectivity index (χ1n) is 27.1. The molecular weight excluding hydrogens is 823 g/mol. The standard InChI is InChI=1S/C65H61N3/c1-44-18-14-15-23-54(44)56-38-62(50-28-31-59-57(37-50)55-24-16-17-25-58(55)65(59,6)7)66-41-51(56)27-26-45-34-46(39-63(2,3)52-29-32-60(67-42-52)48-19-10-8-11-20-48)36-47(35-45)40-64(4,5)53-30-33-61(68-43-53)49-21-12-9-13-22-49/h8-25,28-38,41-43H,26-27,39-40H2,1-7H3/i1D3,26D2,27D2. The topological polar surface area (TPSA) is 38.7 Å². The summed E-state index contributed by atoms with van der Waals surface area (Å²) in [7, 11) is 0. The van der Waals surface area contributed by atoms with Gasteiger partial charge in [-0.25, -0.2) is 0 Å². The highest BCUT2D eigenvalue weighted by Crippen LogP contribution is 2.49. The molecular formula is C65H61N3. The highest BCUT2D eigenvalue weighted by molar-refractivity contribution is 5.85. The van der Waals surface area contributed by atoms with Crippen LogP contribution in [0.15, 0.2) is 195 Å². The highest BCUT2D eigenvalue weighted by atomic mass is 14.7. The number of hydrogen-bond acceptors (Lipinski definition) is 3. The molecule has 0 spiro atoms. The summed E-state index contributed by atoms with van der Waals surface area (Å²) < 4.78 is 66.1. The third-order valence-corrected chi connectivity index (χ3v) is 13.9. The second kappa shape index (κ2) is 18.1. The van der Waals surface area contributed by atoms with Gasteiger partial charge in [-0.15, -0.1) is 0 Å². The molecule has 0 saturated carbocycles. The van der Waals surface area contributed by atoms with Gasteiger partial charge in [0.1, 0.15) is 0 Å². The van der Waals surface area contributed by atoms with Gasteiger partial charge in [-0.1, -0.05) is 193 Å². The number of rotatable bonds is 13. The van der Waals surface area contributed by atoms with Crippen molar-refractivity contribution in [3.05, 3.63) is 245 Å². The van der Waals surface area contributed by atoms with Crippen LogP contribution in [0.1, 0.15) is 101 Å². The van der Waals surface area contributed by atoms with Crippen molar-refractivity contribution in [2.75, 3.05) is 0 Å². The quantitative estimate of drug-likeness (QED) is 0.116. The second-order valence-corrected chi connectivity index (χ2v) is 20.1. The maximum atomic E-state index is 10.1. The molecule has 3 heterocycles. The first-order valence-corrected chi connectivity index (χ1v) is 23.6. The smallest absolute Gasteiger partial charge is 0.0708 e. The summed E-state index contributed by atoms with van der Waals surface area (Å²) in [6, 6.07) is 57.1. The van der Waals surface area contributed by atoms with Crippen LogP contribution in [-0.2, 0) is 41.8 Å². The summed E-state index contributed by atoms with van der Waals surface area (Å²) in [6.07, 6.45) is 0.840. The fourth-order valence-corrected chi connectivity index (χ4v) is 10.1. The van der Waals surface area contributed by atoms with Crippen LogP contribution in [0.5, 0.6) is 0 Å². The lowest BCUT2D eigenvalue weighted by atomic mass is 9.77. The van der Waals surface area contributed by atoms with Crippen molar-refractivity contribution >= 4 is 0 Å². The molecule has 0 bridgehead atoms. The molecule has 0 fully saturated rings. The fraction of sp³-hybridized carbons (Fsp3) is 0.215. The van der Waals surface area contributed by atoms with Gasteiger partial charge in [0.2, 0.25) is 0 Å². The van der Waals surface area contributed by atoms with Gasteiger partial charge in [-0.2, -0.15) is 0 Å². The zero-order valence-electron chi connectivity index (χ0n) is 46.7. The van der Waals surface area contributed by atoms with Gasteiger partial charge >= 0.3 is 0 Å². The Kier molecular flexibility index (Phi) is 9.81. The zero-order valence-corrected chi connectivity index (χ0v) is 39.7. The number of aromatic nitrogens is 3. The van der Waals surface area contributed by atoms with Gasteiger partial charge in [0.15, 0.2) is 0 Å². The SMILES string of the molecule is [2H]C([2H])([2H])c1ccccc1-c1cc(-c2ccc3c(c2)-c2ccccc2C3(C)C)ncc1C([2H])([2H])C([2H])([2H])c1cc(CC(C)(C)c2ccc(-c3ccccc3)nc2)cc(CC(C)(C)c2ccc(-c3ccccc3)nc2)c1. The summed E-state index contributed by atoms with van der Waals surface area (Å²) in [5.74, 6) is 0. The summed E-state index contributed by atoms with van der Waals surface area (Å²) in [5, 5.41) is 0. The Morgan fingerprint density at radius 1 is 0.441 bits per heavy atom. The van der Waals surface area contributed by atoms with E-state index in [1.165, 1.54) is 17.3 Å². The molecule has 10 rings (SSSR count). The molecule has 68 heavy (non-hydrogen) atoms. The van der Waals surface area contributed by atoms with Crippen molar-refractivity contribution < 1.29 is 9.60 Å². The van der Waals surface area contributed by atoms with E-state index in [-0.39, 0.29) is 27.7 Å². The van der Waals surface area contributed by atoms with Crippen molar-refractivity contribution in [3.8, 4) is 56.0 Å². The minimum absolute atomic E-state index is 0.0377. The van der Waals surface area contributed by atoms with Gasteiger partial charge in [0.25, 0.3) is 0 Å². The van der Waals surface area contributed by atoms with Crippen molar-refractivity contribution in [2.24, 2.45) is 0 Å². The van der Waals surface area contributed by atoms with Crippen LogP contribution in [0.3, 0.4) is 0 Å². The van der Waals surface area contributed by atoms with Crippen LogP contribution >= 0.6 is 0 Å². The molecule has 0 N–H and O–H groups in total. The van der Waals surface area contributed by atoms with E-state index in [4.69, 9.17) is 19.1 Å². The Hall–Kier alpha value is -7.23. The lowest BCUT2D eigenvalue weighted by molar-refractivity contribution is 0.512. The van der Waals surface area contributed by atoms with Crippen LogP contribution in [0.25, 0.3) is 56.0 Å². The van der Waals surface area contributed by atoms with Crippen molar-refractivity contribution in [2.45, 2.75) is 90.2 Å². The Morgan fingerprint density at radius 2 is 0.971 bits per heavy atom. The monoisotopic (exact) mass is 891 g/mol. The summed E-state index contributed by atoms with van der Waals surface area (Å²) >= 11 is 0. The van der Waals surface area contributed by atoms with E-state index in [1.807, 2.05) is 97.3 Å². The van der Waals surface area contributed by atoms with E-state index < -0.39 is 30.4 Å². The predicted molar refractivity (Wildman–Crippen MR) is 284 cm³/mol. The number of fused-ring (bicyclic) bond motifs is 3. The average molecular weight is 891 g/mol. The normalized spacial score (nSPS) is 15.1. The van der Waals surface area contributed by atoms with E-state index in [9.17, 15) is 5.48 Å². The molecule has 3 nitrogen and oxygen atoms in total. The van der Waals surface area contributed by atoms with E-state index in [0.717, 1.165) is 61.5 Å². The predicted octanol–water partition coefficient (Wildman–Crippen LogP) is 16.0. The maximum Gasteiger partial charge on any atom is 0.0708 e. The van der Waals surface area contributed by atoms with E-state index in [2.05, 4.69) is 90.1 Å². The average Bonchev–Trinajstić information content (AvgIpc) is 3.64. The molecule has 336 valence electrons. The third-order valence-electron chi connectivity index (χ3n) is 13.9. The first-order chi connectivity index (χ1) is 35.5. The molecule has 0 amide bonds. The molecule has 3 aromatic heterocycles. The lowest BCUT2D eigenvalue weighted by Crippen LogP contribution is -2.23. The van der Waals surface area contributed by atoms with Crippen molar-refractivity contribution in [1.29, 1.82) is 0 Å². The van der Waals surface area contributed by atoms with Crippen molar-refractivity contribution in [1.82, 2.24) is 15.0 Å². The molecule has 6 aromatic carbocycles. The van der Waals surface area contributed by atoms with E-state index >= 15 is 0 Å². The molecule has 0 saturated heterocycles. The molecule has 0 aliphatic heterocycles. The van der Waals surface area contributed by atoms with Gasteiger partial charge in [0, 0.05) is 50.3 Å². The second-order valence-electron chi connectivity index (χ2n) is 20.1. The molecule has 0 unspecified atom stereocenters. The van der Waals surface area contributed by atoms with Crippen LogP contribution in [0.4, 0.5) is 0 Å². The van der Waals surface area contributed by atoms with E-state index in [0.29, 0.717) is 24.1 Å². The molecule has 1 aliphatic carbocycles. The third kappa shape index (κ3) is 8.98. The number of pyridine rings is 3. The van der Waals surface area contributed by atoms with Gasteiger partial charge in [0.05, 0.1) is 17.1 Å². The fourth-order valence-electron chi connectivity index (χ4n) is 10.1. The molecule has 0 radical (unpaired) electrons. The van der Waals surface area contributed by atoms with Crippen LogP contribution < -0.4 is 0 Å². The Labute approximate surface area is 413 Å². The summed E-state index contributed by atoms with van der Waals surface area (Å²) in [5.41, 5.74) is 13.0. The minimum Gasteiger partial charge on any atom is -0.256 e. The van der Waals surface area contributed by atoms with Crippen LogP contribution in [0.2, 0.25) is 0 Å².